The second-order valence-electron chi connectivity index (χ2n) is 5.83. The van der Waals surface area contributed by atoms with Gasteiger partial charge in [0.25, 0.3) is 0 Å². The minimum absolute atomic E-state index is 0. The average Bonchev–Trinajstić information content (AvgIpc) is 3.10. The smallest absolute Gasteiger partial charge is 0.223 e. The van der Waals surface area contributed by atoms with Crippen molar-refractivity contribution in [2.24, 2.45) is 10.9 Å². The number of nitrogens with zero attached hydrogens (tertiary/aromatic N) is 1. The van der Waals surface area contributed by atoms with Crippen LogP contribution in [0.1, 0.15) is 44.8 Å². The van der Waals surface area contributed by atoms with E-state index >= 15 is 0 Å². The third-order valence-electron chi connectivity index (χ3n) is 4.01. The number of carbonyl (C=O) groups is 1. The number of rotatable bonds is 7. The number of guanidine groups is 1. The summed E-state index contributed by atoms with van der Waals surface area (Å²) in [6, 6.07) is 3.75. The molecule has 1 heterocycles. The van der Waals surface area contributed by atoms with E-state index in [1.54, 1.807) is 6.26 Å². The first-order valence-electron chi connectivity index (χ1n) is 8.62. The molecule has 0 aliphatic heterocycles. The van der Waals surface area contributed by atoms with Gasteiger partial charge < -0.3 is 20.4 Å². The van der Waals surface area contributed by atoms with Crippen molar-refractivity contribution in [1.82, 2.24) is 16.0 Å². The van der Waals surface area contributed by atoms with E-state index in [1.165, 1.54) is 19.3 Å². The molecule has 1 fully saturated rings. The molecule has 0 radical (unpaired) electrons. The predicted molar refractivity (Wildman–Crippen MR) is 107 cm³/mol. The normalized spacial score (nSPS) is 15.5. The van der Waals surface area contributed by atoms with Crippen LogP contribution in [0.2, 0.25) is 0 Å². The van der Waals surface area contributed by atoms with Crippen molar-refractivity contribution < 1.29 is 9.21 Å². The van der Waals surface area contributed by atoms with E-state index in [0.29, 0.717) is 19.6 Å². The summed E-state index contributed by atoms with van der Waals surface area (Å²) in [7, 11) is 0. The number of halogens is 1. The second-order valence-corrected chi connectivity index (χ2v) is 5.83. The highest BCUT2D eigenvalue weighted by molar-refractivity contribution is 14.0. The zero-order chi connectivity index (χ0) is 16.3. The Labute approximate surface area is 161 Å². The number of carbonyl (C=O) groups excluding carboxylic acids is 1. The minimum Gasteiger partial charge on any atom is -0.467 e. The first kappa shape index (κ1) is 20.8. The van der Waals surface area contributed by atoms with E-state index in [1.807, 2.05) is 19.1 Å². The van der Waals surface area contributed by atoms with Gasteiger partial charge >= 0.3 is 0 Å². The molecule has 0 spiro atoms. The Balaban J connectivity index is 0.00000288. The quantitative estimate of drug-likeness (QED) is 0.260. The second kappa shape index (κ2) is 12.2. The molecule has 1 aromatic rings. The zero-order valence-electron chi connectivity index (χ0n) is 14.3. The largest absolute Gasteiger partial charge is 0.467 e. The van der Waals surface area contributed by atoms with E-state index < -0.39 is 0 Å². The number of nitrogens with one attached hydrogen (secondary N) is 3. The summed E-state index contributed by atoms with van der Waals surface area (Å²) in [6.07, 6.45) is 7.34. The van der Waals surface area contributed by atoms with E-state index in [0.717, 1.165) is 31.1 Å². The molecular formula is C17H29IN4O2. The highest BCUT2D eigenvalue weighted by Gasteiger charge is 2.20. The van der Waals surface area contributed by atoms with Gasteiger partial charge in [-0.3, -0.25) is 4.79 Å². The summed E-state index contributed by atoms with van der Waals surface area (Å²) in [5.74, 6) is 1.97. The summed E-state index contributed by atoms with van der Waals surface area (Å²) < 4.78 is 5.27. The molecule has 1 amide bonds. The zero-order valence-corrected chi connectivity index (χ0v) is 16.7. The highest BCUT2D eigenvalue weighted by Crippen LogP contribution is 2.23. The van der Waals surface area contributed by atoms with Gasteiger partial charge in [-0.05, 0) is 31.9 Å². The molecule has 1 aromatic heterocycles. The van der Waals surface area contributed by atoms with Crippen LogP contribution >= 0.6 is 24.0 Å². The van der Waals surface area contributed by atoms with Crippen LogP contribution in [0.25, 0.3) is 0 Å². The lowest BCUT2D eigenvalue weighted by Crippen LogP contribution is -2.42. The molecule has 0 bridgehead atoms. The Morgan fingerprint density at radius 2 is 1.96 bits per heavy atom. The number of hydrogen-bond donors (Lipinski definition) is 3. The number of amides is 1. The molecular weight excluding hydrogens is 419 g/mol. The molecule has 1 aliphatic carbocycles. The Bertz CT molecular complexity index is 485. The summed E-state index contributed by atoms with van der Waals surface area (Å²) in [5, 5.41) is 9.42. The van der Waals surface area contributed by atoms with Gasteiger partial charge in [0.15, 0.2) is 5.96 Å². The Kier molecular flexibility index (Phi) is 10.5. The Morgan fingerprint density at radius 1 is 1.21 bits per heavy atom. The van der Waals surface area contributed by atoms with Gasteiger partial charge in [-0.25, -0.2) is 4.99 Å². The molecule has 0 saturated heterocycles. The van der Waals surface area contributed by atoms with Crippen LogP contribution in [0, 0.1) is 5.92 Å². The summed E-state index contributed by atoms with van der Waals surface area (Å²) in [5.41, 5.74) is 0. The van der Waals surface area contributed by atoms with Gasteiger partial charge in [0.2, 0.25) is 5.91 Å². The van der Waals surface area contributed by atoms with E-state index in [9.17, 15) is 4.79 Å². The van der Waals surface area contributed by atoms with Crippen molar-refractivity contribution in [3.8, 4) is 0 Å². The van der Waals surface area contributed by atoms with Crippen LogP contribution < -0.4 is 16.0 Å². The molecule has 2 rings (SSSR count). The van der Waals surface area contributed by atoms with Gasteiger partial charge in [-0.2, -0.15) is 0 Å². The molecule has 1 aliphatic rings. The van der Waals surface area contributed by atoms with Crippen LogP contribution in [0.4, 0.5) is 0 Å². The van der Waals surface area contributed by atoms with Gasteiger partial charge in [0.05, 0.1) is 6.26 Å². The maximum Gasteiger partial charge on any atom is 0.223 e. The summed E-state index contributed by atoms with van der Waals surface area (Å²) in [4.78, 5) is 16.5. The maximum absolute atomic E-state index is 12.1. The minimum atomic E-state index is 0. The van der Waals surface area contributed by atoms with Gasteiger partial charge in [-0.1, -0.05) is 19.3 Å². The summed E-state index contributed by atoms with van der Waals surface area (Å²) in [6.45, 7) is 4.58. The highest BCUT2D eigenvalue weighted by atomic mass is 127. The lowest BCUT2D eigenvalue weighted by molar-refractivity contribution is -0.125. The molecule has 0 aromatic carbocycles. The average molecular weight is 448 g/mol. The first-order chi connectivity index (χ1) is 11.3. The Hall–Kier alpha value is -1.25. The molecule has 1 saturated carbocycles. The van der Waals surface area contributed by atoms with Crippen LogP contribution in [-0.4, -0.2) is 31.5 Å². The summed E-state index contributed by atoms with van der Waals surface area (Å²) >= 11 is 0. The lowest BCUT2D eigenvalue weighted by atomic mass is 9.89. The van der Waals surface area contributed by atoms with Crippen LogP contribution in [-0.2, 0) is 11.3 Å². The van der Waals surface area contributed by atoms with Crippen LogP contribution in [0.5, 0.6) is 0 Å². The van der Waals surface area contributed by atoms with Crippen molar-refractivity contribution in [2.75, 3.05) is 19.6 Å². The standard InChI is InChI=1S/C17H28N4O2.HI/c1-2-18-17(21-13-15-9-6-12-23-15)20-11-10-19-16(22)14-7-4-3-5-8-14;/h6,9,12,14H,2-5,7-8,10-11,13H2,1H3,(H,19,22)(H2,18,20,21);1H. The SMILES string of the molecule is CCNC(=NCc1ccco1)NCCNC(=O)C1CCCCC1.I. The molecule has 3 N–H and O–H groups in total. The first-order valence-corrected chi connectivity index (χ1v) is 8.62. The van der Waals surface area contributed by atoms with Crippen LogP contribution in [0.3, 0.4) is 0 Å². The molecule has 0 atom stereocenters. The van der Waals surface area contributed by atoms with E-state index in [2.05, 4.69) is 20.9 Å². The lowest BCUT2D eigenvalue weighted by Gasteiger charge is -2.20. The van der Waals surface area contributed by atoms with E-state index in [-0.39, 0.29) is 35.8 Å². The molecule has 24 heavy (non-hydrogen) atoms. The molecule has 0 unspecified atom stereocenters. The topological polar surface area (TPSA) is 78.7 Å². The van der Waals surface area contributed by atoms with Gasteiger partial charge in [0.1, 0.15) is 12.3 Å². The molecule has 6 nitrogen and oxygen atoms in total. The number of hydrogen-bond acceptors (Lipinski definition) is 3. The van der Waals surface area contributed by atoms with E-state index in [4.69, 9.17) is 4.42 Å². The third kappa shape index (κ3) is 7.55. The fraction of sp³-hybridized carbons (Fsp3) is 0.647. The molecule has 7 heteroatoms. The van der Waals surface area contributed by atoms with Crippen molar-refractivity contribution in [3.05, 3.63) is 24.2 Å². The monoisotopic (exact) mass is 448 g/mol. The number of furan rings is 1. The van der Waals surface area contributed by atoms with Crippen molar-refractivity contribution in [3.63, 3.8) is 0 Å². The van der Waals surface area contributed by atoms with Gasteiger partial charge in [-0.15, -0.1) is 24.0 Å². The Morgan fingerprint density at radius 3 is 2.62 bits per heavy atom. The third-order valence-corrected chi connectivity index (χ3v) is 4.01. The maximum atomic E-state index is 12.1. The molecule has 136 valence electrons. The van der Waals surface area contributed by atoms with Crippen LogP contribution in [0.15, 0.2) is 27.8 Å². The fourth-order valence-electron chi connectivity index (χ4n) is 2.78. The van der Waals surface area contributed by atoms with Crippen molar-refractivity contribution >= 4 is 35.8 Å². The fourth-order valence-corrected chi connectivity index (χ4v) is 2.78. The predicted octanol–water partition coefficient (Wildman–Crippen LogP) is 2.65. The van der Waals surface area contributed by atoms with Crippen molar-refractivity contribution in [1.29, 1.82) is 0 Å². The number of aliphatic imine (C=N–C) groups is 1. The van der Waals surface area contributed by atoms with Gasteiger partial charge in [0, 0.05) is 25.6 Å². The van der Waals surface area contributed by atoms with Crippen molar-refractivity contribution in [2.45, 2.75) is 45.6 Å².